The van der Waals surface area contributed by atoms with E-state index in [0.29, 0.717) is 11.6 Å². The van der Waals surface area contributed by atoms with Crippen LogP contribution in [0.3, 0.4) is 0 Å². The second-order valence-electron chi connectivity index (χ2n) is 4.36. The fourth-order valence-electron chi connectivity index (χ4n) is 1.98. The van der Waals surface area contributed by atoms with Crippen LogP contribution in [0.5, 0.6) is 0 Å². The van der Waals surface area contributed by atoms with Crippen molar-refractivity contribution in [2.75, 3.05) is 0 Å². The Kier molecular flexibility index (Phi) is 4.92. The second kappa shape index (κ2) is 6.11. The number of halogens is 3. The third-order valence-corrected chi connectivity index (χ3v) is 4.93. The van der Waals surface area contributed by atoms with E-state index < -0.39 is 6.10 Å². The zero-order valence-corrected chi connectivity index (χ0v) is 15.0. The van der Waals surface area contributed by atoms with Gasteiger partial charge < -0.3 is 5.11 Å². The highest BCUT2D eigenvalue weighted by Gasteiger charge is 2.18. The summed E-state index contributed by atoms with van der Waals surface area (Å²) in [6, 6.07) is 5.87. The van der Waals surface area contributed by atoms with Crippen LogP contribution in [0.4, 0.5) is 0 Å². The number of hydrogen-bond acceptors (Lipinski definition) is 2. The fourth-order valence-corrected chi connectivity index (χ4v) is 3.30. The van der Waals surface area contributed by atoms with Crippen LogP contribution in [-0.2, 0) is 13.5 Å². The van der Waals surface area contributed by atoms with E-state index in [1.54, 1.807) is 11.7 Å². The highest BCUT2D eigenvalue weighted by atomic mass is 127. The molecule has 0 saturated heterocycles. The standard InChI is InChI=1S/C13H13BrClIN2O/c1-7-9(13(15)18(2)17-7)6-12(19)10-5-8(14)3-4-11(10)16/h3-5,12,19H,6H2,1-2H3. The molecule has 102 valence electrons. The molecule has 1 aromatic carbocycles. The van der Waals surface area contributed by atoms with Crippen molar-refractivity contribution >= 4 is 50.1 Å². The van der Waals surface area contributed by atoms with Gasteiger partial charge in [-0.25, -0.2) is 0 Å². The predicted octanol–water partition coefficient (Wildman–Crippen LogP) is 4.03. The van der Waals surface area contributed by atoms with Gasteiger partial charge in [-0.3, -0.25) is 4.68 Å². The molecule has 0 bridgehead atoms. The molecule has 1 N–H and O–H groups in total. The summed E-state index contributed by atoms with van der Waals surface area (Å²) in [6.07, 6.45) is -0.130. The quantitative estimate of drug-likeness (QED) is 0.710. The summed E-state index contributed by atoms with van der Waals surface area (Å²) < 4.78 is 3.62. The second-order valence-corrected chi connectivity index (χ2v) is 6.80. The molecule has 19 heavy (non-hydrogen) atoms. The van der Waals surface area contributed by atoms with Gasteiger partial charge in [-0.15, -0.1) is 0 Å². The summed E-state index contributed by atoms with van der Waals surface area (Å²) in [7, 11) is 1.80. The summed E-state index contributed by atoms with van der Waals surface area (Å²) in [6.45, 7) is 1.90. The van der Waals surface area contributed by atoms with Crippen LogP contribution in [0, 0.1) is 10.5 Å². The molecule has 6 heteroatoms. The van der Waals surface area contributed by atoms with E-state index in [1.807, 2.05) is 25.1 Å². The van der Waals surface area contributed by atoms with Gasteiger partial charge in [0.2, 0.25) is 0 Å². The highest BCUT2D eigenvalue weighted by molar-refractivity contribution is 14.1. The zero-order chi connectivity index (χ0) is 14.2. The maximum Gasteiger partial charge on any atom is 0.130 e. The Balaban J connectivity index is 2.30. The highest BCUT2D eigenvalue weighted by Crippen LogP contribution is 2.29. The van der Waals surface area contributed by atoms with Gasteiger partial charge in [-0.05, 0) is 53.3 Å². The van der Waals surface area contributed by atoms with Crippen LogP contribution in [0.2, 0.25) is 5.15 Å². The SMILES string of the molecule is Cc1nn(C)c(Cl)c1CC(O)c1cc(Br)ccc1I. The average Bonchev–Trinajstić information content (AvgIpc) is 2.59. The summed E-state index contributed by atoms with van der Waals surface area (Å²) >= 11 is 11.8. The molecule has 0 radical (unpaired) electrons. The monoisotopic (exact) mass is 454 g/mol. The van der Waals surface area contributed by atoms with Crippen molar-refractivity contribution < 1.29 is 5.11 Å². The molecule has 0 spiro atoms. The van der Waals surface area contributed by atoms with Gasteiger partial charge in [0.05, 0.1) is 11.8 Å². The lowest BCUT2D eigenvalue weighted by molar-refractivity contribution is 0.177. The van der Waals surface area contributed by atoms with Crippen molar-refractivity contribution in [2.45, 2.75) is 19.4 Å². The Labute approximate surface area is 139 Å². The fraction of sp³-hybridized carbons (Fsp3) is 0.308. The maximum atomic E-state index is 10.4. The number of aryl methyl sites for hydroxylation is 2. The van der Waals surface area contributed by atoms with E-state index in [-0.39, 0.29) is 0 Å². The smallest absolute Gasteiger partial charge is 0.130 e. The zero-order valence-electron chi connectivity index (χ0n) is 10.5. The minimum absolute atomic E-state index is 0.463. The lowest BCUT2D eigenvalue weighted by Gasteiger charge is -2.13. The lowest BCUT2D eigenvalue weighted by atomic mass is 10.0. The molecule has 3 nitrogen and oxygen atoms in total. The third-order valence-electron chi connectivity index (χ3n) is 2.98. The van der Waals surface area contributed by atoms with Crippen LogP contribution in [-0.4, -0.2) is 14.9 Å². The molecule has 0 aliphatic heterocycles. The van der Waals surface area contributed by atoms with Gasteiger partial charge in [0.25, 0.3) is 0 Å². The molecular weight excluding hydrogens is 442 g/mol. The lowest BCUT2D eigenvalue weighted by Crippen LogP contribution is -2.05. The number of nitrogens with zero attached hydrogens (tertiary/aromatic N) is 2. The van der Waals surface area contributed by atoms with Crippen LogP contribution < -0.4 is 0 Å². The first kappa shape index (κ1) is 15.3. The summed E-state index contributed by atoms with van der Waals surface area (Å²) in [5.41, 5.74) is 2.65. The molecule has 1 heterocycles. The average molecular weight is 456 g/mol. The van der Waals surface area contributed by atoms with Gasteiger partial charge >= 0.3 is 0 Å². The Morgan fingerprint density at radius 3 is 2.79 bits per heavy atom. The Morgan fingerprint density at radius 1 is 1.53 bits per heavy atom. The molecule has 0 saturated carbocycles. The van der Waals surface area contributed by atoms with Crippen molar-refractivity contribution in [3.05, 3.63) is 48.2 Å². The van der Waals surface area contributed by atoms with Gasteiger partial charge in [-0.1, -0.05) is 27.5 Å². The molecule has 1 unspecified atom stereocenters. The molecular formula is C13H13BrClIN2O. The summed E-state index contributed by atoms with van der Waals surface area (Å²) in [5, 5.41) is 15.3. The number of aliphatic hydroxyl groups excluding tert-OH is 1. The van der Waals surface area contributed by atoms with Gasteiger partial charge in [0.15, 0.2) is 0 Å². The van der Waals surface area contributed by atoms with E-state index in [9.17, 15) is 5.11 Å². The van der Waals surface area contributed by atoms with Crippen molar-refractivity contribution in [3.63, 3.8) is 0 Å². The van der Waals surface area contributed by atoms with Gasteiger partial charge in [0.1, 0.15) is 5.15 Å². The summed E-state index contributed by atoms with van der Waals surface area (Å²) in [4.78, 5) is 0. The molecule has 1 atom stereocenters. The minimum atomic E-state index is -0.593. The first-order chi connectivity index (χ1) is 8.90. The van der Waals surface area contributed by atoms with Crippen LogP contribution in [0.25, 0.3) is 0 Å². The van der Waals surface area contributed by atoms with Crippen molar-refractivity contribution in [1.82, 2.24) is 9.78 Å². The Hall–Kier alpha value is -0.110. The van der Waals surface area contributed by atoms with Gasteiger partial charge in [0, 0.05) is 27.1 Å². The molecule has 1 aromatic heterocycles. The Bertz CT molecular complexity index is 615. The molecule has 2 rings (SSSR count). The van der Waals surface area contributed by atoms with Crippen LogP contribution in [0.15, 0.2) is 22.7 Å². The normalized spacial score (nSPS) is 12.7. The van der Waals surface area contributed by atoms with Crippen molar-refractivity contribution in [3.8, 4) is 0 Å². The first-order valence-electron chi connectivity index (χ1n) is 5.71. The largest absolute Gasteiger partial charge is 0.388 e. The van der Waals surface area contributed by atoms with Crippen molar-refractivity contribution in [1.29, 1.82) is 0 Å². The maximum absolute atomic E-state index is 10.4. The summed E-state index contributed by atoms with van der Waals surface area (Å²) in [5.74, 6) is 0. The number of aliphatic hydroxyl groups is 1. The third kappa shape index (κ3) is 3.32. The first-order valence-corrected chi connectivity index (χ1v) is 7.96. The number of rotatable bonds is 3. The molecule has 0 fully saturated rings. The van der Waals surface area contributed by atoms with Crippen LogP contribution in [0.1, 0.15) is 22.9 Å². The van der Waals surface area contributed by atoms with E-state index in [4.69, 9.17) is 11.6 Å². The molecule has 0 aliphatic carbocycles. The van der Waals surface area contributed by atoms with Crippen LogP contribution >= 0.6 is 50.1 Å². The van der Waals surface area contributed by atoms with Gasteiger partial charge in [-0.2, -0.15) is 5.10 Å². The van der Waals surface area contributed by atoms with E-state index in [2.05, 4.69) is 43.6 Å². The van der Waals surface area contributed by atoms with E-state index in [1.165, 1.54) is 0 Å². The number of aromatic nitrogens is 2. The molecule has 0 amide bonds. The Morgan fingerprint density at radius 2 is 2.21 bits per heavy atom. The number of hydrogen-bond donors (Lipinski definition) is 1. The topological polar surface area (TPSA) is 38.0 Å². The molecule has 2 aromatic rings. The van der Waals surface area contributed by atoms with E-state index >= 15 is 0 Å². The number of benzene rings is 1. The molecule has 0 aliphatic rings. The predicted molar refractivity (Wildman–Crippen MR) is 88.5 cm³/mol. The minimum Gasteiger partial charge on any atom is -0.388 e. The van der Waals surface area contributed by atoms with Crippen molar-refractivity contribution in [2.24, 2.45) is 7.05 Å². The van der Waals surface area contributed by atoms with E-state index in [0.717, 1.165) is 24.9 Å².